The van der Waals surface area contributed by atoms with Gasteiger partial charge in [0.25, 0.3) is 0 Å². The van der Waals surface area contributed by atoms with Crippen molar-refractivity contribution in [3.8, 4) is 0 Å². The fraction of sp³-hybridized carbons (Fsp3) is 0.625. The monoisotopic (exact) mass is 267 g/mol. The van der Waals surface area contributed by atoms with Crippen molar-refractivity contribution < 1.29 is 8.78 Å². The highest BCUT2D eigenvalue weighted by atomic mass is 19.1. The van der Waals surface area contributed by atoms with Crippen LogP contribution in [0, 0.1) is 23.5 Å². The van der Waals surface area contributed by atoms with Gasteiger partial charge >= 0.3 is 0 Å². The molecule has 1 aliphatic carbocycles. The van der Waals surface area contributed by atoms with Crippen LogP contribution < -0.4 is 5.32 Å². The number of hydrogen-bond acceptors (Lipinski definition) is 1. The van der Waals surface area contributed by atoms with E-state index in [1.165, 1.54) is 37.5 Å². The zero-order valence-corrected chi connectivity index (χ0v) is 11.6. The van der Waals surface area contributed by atoms with Crippen molar-refractivity contribution in [3.63, 3.8) is 0 Å². The number of rotatable bonds is 5. The molecule has 106 valence electrons. The molecule has 0 spiro atoms. The van der Waals surface area contributed by atoms with Crippen molar-refractivity contribution in [3.05, 3.63) is 35.4 Å². The molecule has 0 aliphatic heterocycles. The Balaban J connectivity index is 2.06. The van der Waals surface area contributed by atoms with Gasteiger partial charge in [-0.2, -0.15) is 0 Å². The molecule has 1 aromatic rings. The van der Waals surface area contributed by atoms with Crippen molar-refractivity contribution in [2.24, 2.45) is 11.8 Å². The fourth-order valence-corrected chi connectivity index (χ4v) is 3.14. The summed E-state index contributed by atoms with van der Waals surface area (Å²) in [7, 11) is 0. The van der Waals surface area contributed by atoms with E-state index in [4.69, 9.17) is 0 Å². The van der Waals surface area contributed by atoms with Gasteiger partial charge in [-0.15, -0.1) is 0 Å². The van der Waals surface area contributed by atoms with Gasteiger partial charge in [-0.05, 0) is 56.3 Å². The normalized spacial score (nSPS) is 23.5. The predicted molar refractivity (Wildman–Crippen MR) is 74.1 cm³/mol. The smallest absolute Gasteiger partial charge is 0.129 e. The number of nitrogens with one attached hydrogen (secondary N) is 1. The molecule has 1 fully saturated rings. The second-order valence-corrected chi connectivity index (χ2v) is 5.52. The molecule has 1 nitrogen and oxygen atoms in total. The minimum atomic E-state index is -0.396. The third kappa shape index (κ3) is 3.75. The predicted octanol–water partition coefficient (Wildman–Crippen LogP) is 3.92. The Bertz CT molecular complexity index is 385. The molecule has 1 aromatic carbocycles. The van der Waals surface area contributed by atoms with Crippen molar-refractivity contribution in [1.82, 2.24) is 5.32 Å². The van der Waals surface area contributed by atoms with Gasteiger partial charge in [0.05, 0.1) is 0 Å². The highest BCUT2D eigenvalue weighted by Gasteiger charge is 2.26. The van der Waals surface area contributed by atoms with Gasteiger partial charge in [-0.3, -0.25) is 0 Å². The lowest BCUT2D eigenvalue weighted by molar-refractivity contribution is 0.226. The Morgan fingerprint density at radius 3 is 2.37 bits per heavy atom. The van der Waals surface area contributed by atoms with Crippen LogP contribution in [-0.2, 0) is 6.42 Å². The Labute approximate surface area is 114 Å². The summed E-state index contributed by atoms with van der Waals surface area (Å²) >= 11 is 0. The van der Waals surface area contributed by atoms with E-state index in [2.05, 4.69) is 12.2 Å². The van der Waals surface area contributed by atoms with E-state index in [0.29, 0.717) is 18.3 Å². The van der Waals surface area contributed by atoms with Gasteiger partial charge in [0, 0.05) is 5.56 Å². The Hall–Kier alpha value is -0.960. The van der Waals surface area contributed by atoms with Crippen LogP contribution in [0.2, 0.25) is 0 Å². The van der Waals surface area contributed by atoms with Gasteiger partial charge in [0.15, 0.2) is 0 Å². The summed E-state index contributed by atoms with van der Waals surface area (Å²) in [5.41, 5.74) is 0.274. The molecule has 0 aromatic heterocycles. The van der Waals surface area contributed by atoms with Crippen molar-refractivity contribution in [1.29, 1.82) is 0 Å². The number of benzene rings is 1. The molecule has 0 bridgehead atoms. The molecule has 0 radical (unpaired) electrons. The molecule has 0 heterocycles. The topological polar surface area (TPSA) is 12.0 Å². The Morgan fingerprint density at radius 1 is 1.11 bits per heavy atom. The third-order valence-corrected chi connectivity index (χ3v) is 4.25. The van der Waals surface area contributed by atoms with Crippen LogP contribution in [0.15, 0.2) is 18.2 Å². The highest BCUT2D eigenvalue weighted by Crippen LogP contribution is 2.33. The van der Waals surface area contributed by atoms with E-state index < -0.39 is 11.6 Å². The SMILES string of the molecule is CCNCC1CCCCC1Cc1c(F)cccc1F. The van der Waals surface area contributed by atoms with Crippen molar-refractivity contribution in [2.75, 3.05) is 13.1 Å². The summed E-state index contributed by atoms with van der Waals surface area (Å²) < 4.78 is 27.5. The quantitative estimate of drug-likeness (QED) is 0.852. The molecule has 1 N–H and O–H groups in total. The van der Waals surface area contributed by atoms with Crippen LogP contribution >= 0.6 is 0 Å². The standard InChI is InChI=1S/C16H23F2N/c1-2-19-11-13-7-4-3-6-12(13)10-14-15(17)8-5-9-16(14)18/h5,8-9,12-13,19H,2-4,6-7,10-11H2,1H3. The highest BCUT2D eigenvalue weighted by molar-refractivity contribution is 5.20. The summed E-state index contributed by atoms with van der Waals surface area (Å²) in [5, 5.41) is 3.38. The van der Waals surface area contributed by atoms with Crippen molar-refractivity contribution in [2.45, 2.75) is 39.0 Å². The zero-order chi connectivity index (χ0) is 13.7. The summed E-state index contributed by atoms with van der Waals surface area (Å²) in [5.74, 6) is 0.160. The van der Waals surface area contributed by atoms with E-state index in [9.17, 15) is 8.78 Å². The molecular formula is C16H23F2N. The first kappa shape index (κ1) is 14.4. The minimum absolute atomic E-state index is 0.274. The molecule has 2 unspecified atom stereocenters. The molecule has 0 saturated heterocycles. The van der Waals surface area contributed by atoms with E-state index in [-0.39, 0.29) is 5.56 Å². The molecule has 0 amide bonds. The second-order valence-electron chi connectivity index (χ2n) is 5.52. The average Bonchev–Trinajstić information content (AvgIpc) is 2.42. The lowest BCUT2D eigenvalue weighted by atomic mass is 9.76. The number of hydrogen-bond donors (Lipinski definition) is 1. The summed E-state index contributed by atoms with van der Waals surface area (Å²) in [6.07, 6.45) is 5.22. The lowest BCUT2D eigenvalue weighted by Crippen LogP contribution is -2.32. The second kappa shape index (κ2) is 6.99. The molecule has 2 atom stereocenters. The lowest BCUT2D eigenvalue weighted by Gasteiger charge is -2.32. The van der Waals surface area contributed by atoms with E-state index in [1.54, 1.807) is 0 Å². The molecule has 19 heavy (non-hydrogen) atoms. The number of halogens is 2. The molecule has 1 aliphatic rings. The first-order chi connectivity index (χ1) is 9.22. The van der Waals surface area contributed by atoms with Crippen LogP contribution in [0.1, 0.15) is 38.2 Å². The summed E-state index contributed by atoms with van der Waals surface area (Å²) in [6, 6.07) is 4.16. The third-order valence-electron chi connectivity index (χ3n) is 4.25. The Kier molecular flexibility index (Phi) is 5.32. The molecule has 1 saturated carbocycles. The van der Waals surface area contributed by atoms with Crippen LogP contribution in [-0.4, -0.2) is 13.1 Å². The van der Waals surface area contributed by atoms with Gasteiger partial charge in [-0.1, -0.05) is 25.8 Å². The maximum atomic E-state index is 13.7. The zero-order valence-electron chi connectivity index (χ0n) is 11.6. The van der Waals surface area contributed by atoms with Gasteiger partial charge in [0.1, 0.15) is 11.6 Å². The largest absolute Gasteiger partial charge is 0.317 e. The van der Waals surface area contributed by atoms with Gasteiger partial charge in [0.2, 0.25) is 0 Å². The van der Waals surface area contributed by atoms with Gasteiger partial charge in [-0.25, -0.2) is 8.78 Å². The first-order valence-corrected chi connectivity index (χ1v) is 7.36. The molecular weight excluding hydrogens is 244 g/mol. The van der Waals surface area contributed by atoms with Crippen LogP contribution in [0.25, 0.3) is 0 Å². The van der Waals surface area contributed by atoms with E-state index in [1.807, 2.05) is 0 Å². The van der Waals surface area contributed by atoms with Crippen LogP contribution in [0.3, 0.4) is 0 Å². The average molecular weight is 267 g/mol. The van der Waals surface area contributed by atoms with Gasteiger partial charge < -0.3 is 5.32 Å². The van der Waals surface area contributed by atoms with E-state index in [0.717, 1.165) is 19.5 Å². The Morgan fingerprint density at radius 2 is 1.74 bits per heavy atom. The first-order valence-electron chi connectivity index (χ1n) is 7.36. The molecule has 2 rings (SSSR count). The van der Waals surface area contributed by atoms with E-state index >= 15 is 0 Å². The minimum Gasteiger partial charge on any atom is -0.317 e. The summed E-state index contributed by atoms with van der Waals surface area (Å²) in [4.78, 5) is 0. The van der Waals surface area contributed by atoms with Crippen molar-refractivity contribution >= 4 is 0 Å². The van der Waals surface area contributed by atoms with Crippen LogP contribution in [0.4, 0.5) is 8.78 Å². The summed E-state index contributed by atoms with van der Waals surface area (Å²) in [6.45, 7) is 4.02. The van der Waals surface area contributed by atoms with Crippen LogP contribution in [0.5, 0.6) is 0 Å². The maximum Gasteiger partial charge on any atom is 0.129 e. The maximum absolute atomic E-state index is 13.7. The molecule has 3 heteroatoms. The fourth-order valence-electron chi connectivity index (χ4n) is 3.14.